The Morgan fingerprint density at radius 2 is 1.79 bits per heavy atom. The van der Waals surface area contributed by atoms with Crippen LogP contribution in [0.3, 0.4) is 0 Å². The van der Waals surface area contributed by atoms with Crippen LogP contribution in [0, 0.1) is 0 Å². The minimum absolute atomic E-state index is 0.148. The Balaban J connectivity index is 1.51. The molecule has 10 heteroatoms. The molecule has 2 aromatic carbocycles. The van der Waals surface area contributed by atoms with Crippen LogP contribution in [0.1, 0.15) is 18.4 Å². The number of anilines is 2. The molecule has 1 atom stereocenters. The van der Waals surface area contributed by atoms with Crippen molar-refractivity contribution in [3.05, 3.63) is 35.9 Å². The molecule has 204 valence electrons. The largest absolute Gasteiger partial charge is 0.493 e. The highest BCUT2D eigenvalue weighted by Gasteiger charge is 2.27. The first-order valence-electron chi connectivity index (χ1n) is 13.1. The van der Waals surface area contributed by atoms with Gasteiger partial charge in [-0.25, -0.2) is 4.98 Å². The van der Waals surface area contributed by atoms with Crippen molar-refractivity contribution in [1.29, 1.82) is 0 Å². The lowest BCUT2D eigenvalue weighted by Crippen LogP contribution is -2.47. The van der Waals surface area contributed by atoms with Gasteiger partial charge in [0.1, 0.15) is 19.0 Å². The molecule has 1 saturated heterocycles. The predicted molar refractivity (Wildman–Crippen MR) is 147 cm³/mol. The van der Waals surface area contributed by atoms with Crippen LogP contribution >= 0.6 is 0 Å². The number of benzene rings is 2. The van der Waals surface area contributed by atoms with Crippen LogP contribution in [-0.4, -0.2) is 93.8 Å². The molecule has 1 aromatic heterocycles. The van der Waals surface area contributed by atoms with Gasteiger partial charge in [0, 0.05) is 50.7 Å². The Bertz CT molecular complexity index is 1270. The molecule has 1 N–H and O–H groups in total. The van der Waals surface area contributed by atoms with E-state index in [1.165, 1.54) is 0 Å². The van der Waals surface area contributed by atoms with E-state index in [1.54, 1.807) is 14.2 Å². The number of fused-ring (bicyclic) bond motifs is 2. The van der Waals surface area contributed by atoms with Gasteiger partial charge in [0.25, 0.3) is 0 Å². The van der Waals surface area contributed by atoms with E-state index in [1.807, 2.05) is 42.3 Å². The Labute approximate surface area is 223 Å². The zero-order chi connectivity index (χ0) is 26.6. The van der Waals surface area contributed by atoms with Crippen molar-refractivity contribution in [3.63, 3.8) is 0 Å². The topological polar surface area (TPSA) is 92.7 Å². The van der Waals surface area contributed by atoms with Gasteiger partial charge in [0.2, 0.25) is 5.95 Å². The second-order valence-electron chi connectivity index (χ2n) is 9.85. The van der Waals surface area contributed by atoms with Crippen LogP contribution < -0.4 is 28.7 Å². The molecule has 0 bridgehead atoms. The summed E-state index contributed by atoms with van der Waals surface area (Å²) in [6.07, 6.45) is 2.13. The molecule has 38 heavy (non-hydrogen) atoms. The van der Waals surface area contributed by atoms with E-state index in [4.69, 9.17) is 28.9 Å². The van der Waals surface area contributed by atoms with E-state index in [2.05, 4.69) is 16.8 Å². The molecule has 0 radical (unpaired) electrons. The SMILES string of the molecule is COc1cc2nc(N(C)Cc3ccc4c(c3)OCCO4)nc(N3CCCC(N(C)CCO)C3)c2cc1OC. The number of rotatable bonds is 9. The number of hydrogen-bond donors (Lipinski definition) is 1. The zero-order valence-electron chi connectivity index (χ0n) is 22.6. The Hall–Kier alpha value is -3.50. The van der Waals surface area contributed by atoms with Crippen molar-refractivity contribution in [2.75, 3.05) is 77.6 Å². The summed E-state index contributed by atoms with van der Waals surface area (Å²) in [7, 11) is 7.34. The monoisotopic (exact) mass is 523 g/mol. The summed E-state index contributed by atoms with van der Waals surface area (Å²) in [4.78, 5) is 16.6. The first-order valence-corrected chi connectivity index (χ1v) is 13.1. The second-order valence-corrected chi connectivity index (χ2v) is 9.85. The second kappa shape index (κ2) is 11.5. The normalized spacial score (nSPS) is 17.1. The minimum Gasteiger partial charge on any atom is -0.493 e. The fourth-order valence-corrected chi connectivity index (χ4v) is 5.22. The van der Waals surface area contributed by atoms with Crippen molar-refractivity contribution >= 4 is 22.7 Å². The van der Waals surface area contributed by atoms with Gasteiger partial charge in [-0.15, -0.1) is 0 Å². The standard InChI is InChI=1S/C28H37N5O5/c1-31(10-11-34)20-6-5-9-33(18-20)27-21-15-24(35-3)25(36-4)16-22(21)29-28(30-27)32(2)17-19-7-8-23-26(14-19)38-13-12-37-23/h7-8,14-16,20,34H,5-6,9-13,17-18H2,1-4H3. The summed E-state index contributed by atoms with van der Waals surface area (Å²) in [5.41, 5.74) is 1.88. The third-order valence-electron chi connectivity index (χ3n) is 7.31. The summed E-state index contributed by atoms with van der Waals surface area (Å²) in [6.45, 7) is 4.25. The Morgan fingerprint density at radius 1 is 1.03 bits per heavy atom. The number of methoxy groups -OCH3 is 2. The summed E-state index contributed by atoms with van der Waals surface area (Å²) in [5.74, 6) is 4.32. The number of hydrogen-bond acceptors (Lipinski definition) is 10. The third kappa shape index (κ3) is 5.37. The first kappa shape index (κ1) is 26.1. The van der Waals surface area contributed by atoms with Crippen LogP contribution in [0.25, 0.3) is 10.9 Å². The fourth-order valence-electron chi connectivity index (χ4n) is 5.22. The molecule has 0 aliphatic carbocycles. The van der Waals surface area contributed by atoms with Gasteiger partial charge >= 0.3 is 0 Å². The summed E-state index contributed by atoms with van der Waals surface area (Å²) in [6, 6.07) is 10.2. The quantitative estimate of drug-likeness (QED) is 0.451. The highest BCUT2D eigenvalue weighted by Crippen LogP contribution is 2.37. The third-order valence-corrected chi connectivity index (χ3v) is 7.31. The van der Waals surface area contributed by atoms with Gasteiger partial charge in [0.15, 0.2) is 23.0 Å². The van der Waals surface area contributed by atoms with E-state index in [9.17, 15) is 5.11 Å². The minimum atomic E-state index is 0.148. The molecular weight excluding hydrogens is 486 g/mol. The van der Waals surface area contributed by atoms with Crippen LogP contribution in [0.2, 0.25) is 0 Å². The van der Waals surface area contributed by atoms with Gasteiger partial charge in [-0.1, -0.05) is 6.07 Å². The molecule has 2 aliphatic heterocycles. The maximum absolute atomic E-state index is 9.46. The highest BCUT2D eigenvalue weighted by atomic mass is 16.6. The lowest BCUT2D eigenvalue weighted by atomic mass is 10.0. The van der Waals surface area contributed by atoms with E-state index in [-0.39, 0.29) is 6.61 Å². The molecule has 1 unspecified atom stereocenters. The molecular formula is C28H37N5O5. The number of nitrogens with zero attached hydrogens (tertiary/aromatic N) is 5. The Kier molecular flexibility index (Phi) is 7.90. The van der Waals surface area contributed by atoms with Crippen molar-refractivity contribution < 1.29 is 24.1 Å². The number of piperidine rings is 1. The van der Waals surface area contributed by atoms with Crippen LogP contribution in [0.15, 0.2) is 30.3 Å². The Morgan fingerprint density at radius 3 is 2.55 bits per heavy atom. The number of aliphatic hydroxyl groups is 1. The molecule has 2 aliphatic rings. The lowest BCUT2D eigenvalue weighted by Gasteiger charge is -2.38. The van der Waals surface area contributed by atoms with Crippen LogP contribution in [-0.2, 0) is 6.54 Å². The van der Waals surface area contributed by atoms with Gasteiger partial charge in [0.05, 0.1) is 26.3 Å². The number of aliphatic hydroxyl groups excluding tert-OH is 1. The van der Waals surface area contributed by atoms with Crippen LogP contribution in [0.5, 0.6) is 23.0 Å². The van der Waals surface area contributed by atoms with E-state index in [0.717, 1.165) is 59.7 Å². The average molecular weight is 524 g/mol. The maximum atomic E-state index is 9.46. The van der Waals surface area contributed by atoms with Gasteiger partial charge in [-0.2, -0.15) is 4.98 Å². The maximum Gasteiger partial charge on any atom is 0.227 e. The van der Waals surface area contributed by atoms with Gasteiger partial charge in [-0.3, -0.25) is 4.90 Å². The fraction of sp³-hybridized carbons (Fsp3) is 0.500. The number of likely N-dealkylation sites (N-methyl/N-ethyl adjacent to an activating group) is 1. The lowest BCUT2D eigenvalue weighted by molar-refractivity contribution is 0.166. The summed E-state index contributed by atoms with van der Waals surface area (Å²) in [5, 5.41) is 10.4. The smallest absolute Gasteiger partial charge is 0.227 e. The summed E-state index contributed by atoms with van der Waals surface area (Å²) < 4.78 is 22.6. The highest BCUT2D eigenvalue weighted by molar-refractivity contribution is 5.93. The van der Waals surface area contributed by atoms with Crippen molar-refractivity contribution in [2.24, 2.45) is 0 Å². The summed E-state index contributed by atoms with van der Waals surface area (Å²) >= 11 is 0. The van der Waals surface area contributed by atoms with E-state index in [0.29, 0.717) is 49.8 Å². The van der Waals surface area contributed by atoms with E-state index < -0.39 is 0 Å². The molecule has 3 aromatic rings. The first-order chi connectivity index (χ1) is 18.5. The molecule has 0 spiro atoms. The number of aromatic nitrogens is 2. The van der Waals surface area contributed by atoms with Crippen molar-refractivity contribution in [2.45, 2.75) is 25.4 Å². The molecule has 5 rings (SSSR count). The molecule has 0 saturated carbocycles. The predicted octanol–water partition coefficient (Wildman–Crippen LogP) is 2.95. The van der Waals surface area contributed by atoms with Crippen LogP contribution in [0.4, 0.5) is 11.8 Å². The molecule has 10 nitrogen and oxygen atoms in total. The van der Waals surface area contributed by atoms with Gasteiger partial charge < -0.3 is 33.9 Å². The molecule has 1 fully saturated rings. The zero-order valence-corrected chi connectivity index (χ0v) is 22.6. The van der Waals surface area contributed by atoms with E-state index >= 15 is 0 Å². The molecule has 3 heterocycles. The number of ether oxygens (including phenoxy) is 4. The van der Waals surface area contributed by atoms with Crippen molar-refractivity contribution in [3.8, 4) is 23.0 Å². The van der Waals surface area contributed by atoms with Gasteiger partial charge in [-0.05, 0) is 43.7 Å². The molecule has 0 amide bonds. The average Bonchev–Trinajstić information content (AvgIpc) is 2.95. The van der Waals surface area contributed by atoms with Crippen molar-refractivity contribution in [1.82, 2.24) is 14.9 Å².